The Morgan fingerprint density at radius 3 is 2.32 bits per heavy atom. The van der Waals surface area contributed by atoms with Crippen LogP contribution in [0.2, 0.25) is 5.02 Å². The Kier molecular flexibility index (Phi) is 6.36. The summed E-state index contributed by atoms with van der Waals surface area (Å²) in [5, 5.41) is 11.3. The summed E-state index contributed by atoms with van der Waals surface area (Å²) >= 11 is 6.02. The number of esters is 1. The third kappa shape index (κ3) is 3.79. The Balaban J connectivity index is 2.02. The van der Waals surface area contributed by atoms with Crippen LogP contribution < -0.4 is 0 Å². The summed E-state index contributed by atoms with van der Waals surface area (Å²) in [4.78, 5) is 28.0. The number of nitriles is 1. The van der Waals surface area contributed by atoms with E-state index in [0.717, 1.165) is 5.56 Å². The molecular formula is C28H21ClN2O3. The van der Waals surface area contributed by atoms with E-state index in [4.69, 9.17) is 16.3 Å². The highest BCUT2D eigenvalue weighted by molar-refractivity contribution is 6.30. The topological polar surface area (TPSA) is 70.4 Å². The lowest BCUT2D eigenvalue weighted by Crippen LogP contribution is -2.52. The van der Waals surface area contributed by atoms with Crippen molar-refractivity contribution < 1.29 is 14.3 Å². The maximum Gasteiger partial charge on any atom is 0.333 e. The van der Waals surface area contributed by atoms with Crippen molar-refractivity contribution in [1.29, 1.82) is 5.26 Å². The normalized spacial score (nSPS) is 17.3. The lowest BCUT2D eigenvalue weighted by molar-refractivity contribution is -0.136. The predicted octanol–water partition coefficient (Wildman–Crippen LogP) is 5.70. The predicted molar refractivity (Wildman–Crippen MR) is 131 cm³/mol. The average Bonchev–Trinajstić information content (AvgIpc) is 2.88. The summed E-state index contributed by atoms with van der Waals surface area (Å²) < 4.78 is 4.99. The van der Waals surface area contributed by atoms with Gasteiger partial charge in [-0.05, 0) is 41.5 Å². The highest BCUT2D eigenvalue weighted by Gasteiger charge is 2.53. The molecule has 4 rings (SSSR count). The number of hydrogen-bond donors (Lipinski definition) is 0. The number of benzene rings is 3. The van der Waals surface area contributed by atoms with E-state index in [1.807, 2.05) is 42.5 Å². The minimum atomic E-state index is -1.62. The number of fused-ring (bicyclic) bond motifs is 1. The number of rotatable bonds is 5. The molecule has 0 saturated carbocycles. The summed E-state index contributed by atoms with van der Waals surface area (Å²) in [7, 11) is 1.26. The number of nitrogens with zero attached hydrogens (tertiary/aromatic N) is 2. The van der Waals surface area contributed by atoms with Gasteiger partial charge in [-0.1, -0.05) is 72.8 Å². The molecule has 34 heavy (non-hydrogen) atoms. The molecule has 1 aliphatic heterocycles. The van der Waals surface area contributed by atoms with Crippen molar-refractivity contribution in [3.05, 3.63) is 124 Å². The molecule has 0 bridgehead atoms. The molecule has 0 spiro atoms. The van der Waals surface area contributed by atoms with E-state index >= 15 is 0 Å². The third-order valence-corrected chi connectivity index (χ3v) is 6.23. The zero-order valence-corrected chi connectivity index (χ0v) is 19.2. The molecule has 0 N–H and O–H groups in total. The molecule has 1 heterocycles. The smallest absolute Gasteiger partial charge is 0.333 e. The van der Waals surface area contributed by atoms with Crippen LogP contribution in [0.4, 0.5) is 0 Å². The Morgan fingerprint density at radius 2 is 1.68 bits per heavy atom. The quantitative estimate of drug-likeness (QED) is 0.356. The van der Waals surface area contributed by atoms with Crippen molar-refractivity contribution in [2.75, 3.05) is 7.11 Å². The largest absolute Gasteiger partial charge is 0.466 e. The van der Waals surface area contributed by atoms with Crippen LogP contribution in [0.25, 0.3) is 6.08 Å². The number of hydrogen-bond acceptors (Lipinski definition) is 4. The SMILES string of the molecule is C=C(C(=O)OC)[C@@H](c1ccccc1)[C@]1(C#N)c2ccccc2C=CN1C(=O)c1ccc(Cl)cc1. The van der Waals surface area contributed by atoms with Gasteiger partial charge in [0.15, 0.2) is 5.54 Å². The molecule has 5 nitrogen and oxygen atoms in total. The summed E-state index contributed by atoms with van der Waals surface area (Å²) in [5.41, 5.74) is 0.801. The second kappa shape index (κ2) is 9.38. The maximum absolute atomic E-state index is 13.8. The van der Waals surface area contributed by atoms with Crippen LogP contribution in [0.3, 0.4) is 0 Å². The van der Waals surface area contributed by atoms with Gasteiger partial charge < -0.3 is 4.74 Å². The summed E-state index contributed by atoms with van der Waals surface area (Å²) in [6, 6.07) is 25.3. The molecule has 3 aromatic carbocycles. The minimum absolute atomic E-state index is 0.0641. The number of halogens is 1. The second-order valence-electron chi connectivity index (χ2n) is 7.82. The number of carbonyl (C=O) groups excluding carboxylic acids is 2. The first-order chi connectivity index (χ1) is 16.4. The van der Waals surface area contributed by atoms with E-state index < -0.39 is 23.3 Å². The molecule has 168 valence electrons. The van der Waals surface area contributed by atoms with Crippen molar-refractivity contribution in [1.82, 2.24) is 4.90 Å². The van der Waals surface area contributed by atoms with Crippen LogP contribution in [0.1, 0.15) is 33.0 Å². The van der Waals surface area contributed by atoms with Crippen LogP contribution in [-0.2, 0) is 15.1 Å². The Morgan fingerprint density at radius 1 is 1.03 bits per heavy atom. The molecule has 0 unspecified atom stereocenters. The van der Waals surface area contributed by atoms with Crippen LogP contribution in [0, 0.1) is 11.3 Å². The van der Waals surface area contributed by atoms with E-state index in [1.165, 1.54) is 12.0 Å². The fourth-order valence-corrected chi connectivity index (χ4v) is 4.54. The van der Waals surface area contributed by atoms with Gasteiger partial charge in [0.05, 0.1) is 19.1 Å². The van der Waals surface area contributed by atoms with Crippen molar-refractivity contribution >= 4 is 29.6 Å². The summed E-state index contributed by atoms with van der Waals surface area (Å²) in [6.07, 6.45) is 3.37. The molecule has 0 radical (unpaired) electrons. The van der Waals surface area contributed by atoms with Crippen LogP contribution in [-0.4, -0.2) is 23.9 Å². The first-order valence-electron chi connectivity index (χ1n) is 10.5. The van der Waals surface area contributed by atoms with Crippen LogP contribution in [0.5, 0.6) is 0 Å². The van der Waals surface area contributed by atoms with Gasteiger partial charge in [-0.15, -0.1) is 0 Å². The average molecular weight is 469 g/mol. The molecule has 0 saturated heterocycles. The van der Waals surface area contributed by atoms with Crippen molar-refractivity contribution in [3.8, 4) is 6.07 Å². The lowest BCUT2D eigenvalue weighted by atomic mass is 9.68. The van der Waals surface area contributed by atoms with Crippen molar-refractivity contribution in [2.24, 2.45) is 0 Å². The van der Waals surface area contributed by atoms with Gasteiger partial charge in [0.25, 0.3) is 5.91 Å². The van der Waals surface area contributed by atoms with Gasteiger partial charge >= 0.3 is 5.97 Å². The standard InChI is InChI=1S/C28H21ClN2O3/c1-19(27(33)34-2)25(21-9-4-3-5-10-21)28(18-30)24-11-7-6-8-20(24)16-17-31(28)26(32)22-12-14-23(29)15-13-22/h3-17,25H,1H2,2H3/t25-,28-/m0/s1. The zero-order valence-electron chi connectivity index (χ0n) is 18.4. The van der Waals surface area contributed by atoms with Crippen molar-refractivity contribution in [2.45, 2.75) is 11.5 Å². The summed E-state index contributed by atoms with van der Waals surface area (Å²) in [5.74, 6) is -1.98. The zero-order chi connectivity index (χ0) is 24.3. The number of methoxy groups -OCH3 is 1. The van der Waals surface area contributed by atoms with Gasteiger partial charge in [0.2, 0.25) is 0 Å². The molecular weight excluding hydrogens is 448 g/mol. The van der Waals surface area contributed by atoms with Crippen LogP contribution >= 0.6 is 11.6 Å². The number of amides is 1. The van der Waals surface area contributed by atoms with Gasteiger partial charge in [0.1, 0.15) is 0 Å². The monoisotopic (exact) mass is 468 g/mol. The molecule has 0 fully saturated rings. The molecule has 1 amide bonds. The van der Waals surface area contributed by atoms with E-state index in [1.54, 1.807) is 48.7 Å². The molecule has 6 heteroatoms. The maximum atomic E-state index is 13.8. The van der Waals surface area contributed by atoms with Gasteiger partial charge in [0, 0.05) is 27.9 Å². The summed E-state index contributed by atoms with van der Waals surface area (Å²) in [6.45, 7) is 4.02. The van der Waals surface area contributed by atoms with Gasteiger partial charge in [-0.2, -0.15) is 5.26 Å². The number of carbonyl (C=O) groups is 2. The lowest BCUT2D eigenvalue weighted by Gasteiger charge is -2.45. The highest BCUT2D eigenvalue weighted by Crippen LogP contribution is 2.49. The molecule has 2 atom stereocenters. The van der Waals surface area contributed by atoms with Gasteiger partial charge in [-0.3, -0.25) is 9.69 Å². The minimum Gasteiger partial charge on any atom is -0.466 e. The van der Waals surface area contributed by atoms with Crippen molar-refractivity contribution in [3.63, 3.8) is 0 Å². The van der Waals surface area contributed by atoms with E-state index in [2.05, 4.69) is 12.6 Å². The first kappa shape index (κ1) is 23.0. The van der Waals surface area contributed by atoms with Crippen LogP contribution in [0.15, 0.2) is 97.2 Å². The first-order valence-corrected chi connectivity index (χ1v) is 10.9. The molecule has 1 aliphatic rings. The number of ether oxygens (including phenoxy) is 1. The fraction of sp³-hybridized carbons (Fsp3) is 0.107. The second-order valence-corrected chi connectivity index (χ2v) is 8.26. The third-order valence-electron chi connectivity index (χ3n) is 5.98. The Labute approximate surface area is 203 Å². The van der Waals surface area contributed by atoms with E-state index in [-0.39, 0.29) is 5.57 Å². The molecule has 3 aromatic rings. The molecule has 0 aromatic heterocycles. The Hall–Kier alpha value is -4.14. The molecule has 0 aliphatic carbocycles. The van der Waals surface area contributed by atoms with Gasteiger partial charge in [-0.25, -0.2) is 4.79 Å². The fourth-order valence-electron chi connectivity index (χ4n) is 4.41. The Bertz CT molecular complexity index is 1330. The highest BCUT2D eigenvalue weighted by atomic mass is 35.5. The van der Waals surface area contributed by atoms with E-state index in [0.29, 0.717) is 21.7 Å². The van der Waals surface area contributed by atoms with E-state index in [9.17, 15) is 14.9 Å².